The van der Waals surface area contributed by atoms with Crippen molar-refractivity contribution >= 4 is 17.5 Å². The molecule has 0 unspecified atom stereocenters. The fourth-order valence-corrected chi connectivity index (χ4v) is 2.66. The van der Waals surface area contributed by atoms with Crippen molar-refractivity contribution in [1.82, 2.24) is 14.9 Å². The molecule has 6 nitrogen and oxygen atoms in total. The lowest BCUT2D eigenvalue weighted by atomic mass is 9.98. The number of aryl methyl sites for hydroxylation is 1. The molecule has 1 aromatic heterocycles. The van der Waals surface area contributed by atoms with Crippen LogP contribution in [0.5, 0.6) is 0 Å². The Morgan fingerprint density at radius 2 is 1.88 bits per heavy atom. The summed E-state index contributed by atoms with van der Waals surface area (Å²) < 4.78 is 0. The lowest BCUT2D eigenvalue weighted by Gasteiger charge is -2.16. The van der Waals surface area contributed by atoms with E-state index >= 15 is 0 Å². The fourth-order valence-electron chi connectivity index (χ4n) is 2.66. The lowest BCUT2D eigenvalue weighted by Crippen LogP contribution is -2.18. The number of benzene rings is 1. The average Bonchev–Trinajstić information content (AvgIpc) is 2.60. The summed E-state index contributed by atoms with van der Waals surface area (Å²) in [5.74, 6) is 0.676. The Morgan fingerprint density at radius 1 is 1.19 bits per heavy atom. The first-order chi connectivity index (χ1) is 12.4. The first kappa shape index (κ1) is 19.8. The summed E-state index contributed by atoms with van der Waals surface area (Å²) in [4.78, 5) is 23.2. The van der Waals surface area contributed by atoms with Crippen molar-refractivity contribution in [3.05, 3.63) is 47.3 Å². The van der Waals surface area contributed by atoms with Crippen molar-refractivity contribution < 1.29 is 4.79 Å². The first-order valence-electron chi connectivity index (χ1n) is 9.00. The highest BCUT2D eigenvalue weighted by Crippen LogP contribution is 2.27. The number of para-hydroxylation sites is 1. The van der Waals surface area contributed by atoms with Gasteiger partial charge in [-0.15, -0.1) is 0 Å². The van der Waals surface area contributed by atoms with E-state index in [1.165, 1.54) is 0 Å². The minimum atomic E-state index is -0.194. The van der Waals surface area contributed by atoms with Crippen LogP contribution in [0, 0.1) is 6.92 Å². The van der Waals surface area contributed by atoms with Gasteiger partial charge in [-0.1, -0.05) is 32.0 Å². The second kappa shape index (κ2) is 9.29. The molecule has 0 aliphatic carbocycles. The van der Waals surface area contributed by atoms with E-state index in [0.29, 0.717) is 17.4 Å². The molecule has 0 saturated carbocycles. The summed E-state index contributed by atoms with van der Waals surface area (Å²) >= 11 is 0. The van der Waals surface area contributed by atoms with E-state index in [2.05, 4.69) is 39.3 Å². The maximum Gasteiger partial charge on any atom is 0.258 e. The van der Waals surface area contributed by atoms with Gasteiger partial charge in [0.25, 0.3) is 5.91 Å². The second-order valence-electron chi connectivity index (χ2n) is 7.03. The number of nitrogens with zero attached hydrogens (tertiary/aromatic N) is 3. The van der Waals surface area contributed by atoms with E-state index in [9.17, 15) is 4.79 Å². The van der Waals surface area contributed by atoms with Crippen LogP contribution in [0.1, 0.15) is 47.7 Å². The molecule has 0 aliphatic heterocycles. The number of hydrogen-bond acceptors (Lipinski definition) is 5. The van der Waals surface area contributed by atoms with Crippen molar-refractivity contribution in [2.45, 2.75) is 33.1 Å². The third-order valence-electron chi connectivity index (χ3n) is 4.14. The minimum Gasteiger partial charge on any atom is -0.354 e. The van der Waals surface area contributed by atoms with Crippen LogP contribution in [-0.4, -0.2) is 48.0 Å². The zero-order valence-corrected chi connectivity index (χ0v) is 16.3. The molecule has 0 aliphatic rings. The van der Waals surface area contributed by atoms with Crippen LogP contribution in [0.25, 0.3) is 0 Å². The minimum absolute atomic E-state index is 0.194. The van der Waals surface area contributed by atoms with Gasteiger partial charge in [0, 0.05) is 24.6 Å². The Balaban J connectivity index is 2.00. The highest BCUT2D eigenvalue weighted by atomic mass is 16.1. The van der Waals surface area contributed by atoms with Gasteiger partial charge in [-0.25, -0.2) is 9.97 Å². The van der Waals surface area contributed by atoms with Crippen molar-refractivity contribution in [2.75, 3.05) is 37.8 Å². The zero-order valence-electron chi connectivity index (χ0n) is 16.3. The van der Waals surface area contributed by atoms with E-state index in [1.807, 2.05) is 39.2 Å². The molecule has 1 aromatic carbocycles. The van der Waals surface area contributed by atoms with Crippen molar-refractivity contribution in [3.8, 4) is 0 Å². The summed E-state index contributed by atoms with van der Waals surface area (Å²) in [5.41, 5.74) is 3.49. The summed E-state index contributed by atoms with van der Waals surface area (Å²) in [6.45, 7) is 8.03. The highest BCUT2D eigenvalue weighted by Gasteiger charge is 2.14. The molecular weight excluding hydrogens is 326 g/mol. The number of nitrogens with one attached hydrogen (secondary N) is 2. The summed E-state index contributed by atoms with van der Waals surface area (Å²) in [5, 5.41) is 6.18. The van der Waals surface area contributed by atoms with Crippen molar-refractivity contribution in [3.63, 3.8) is 0 Å². The number of carbonyl (C=O) groups excluding carboxylic acids is 1. The summed E-state index contributed by atoms with van der Waals surface area (Å²) in [7, 11) is 4.09. The number of anilines is 2. The lowest BCUT2D eigenvalue weighted by molar-refractivity contribution is 0.102. The van der Waals surface area contributed by atoms with Crippen LogP contribution in [0.2, 0.25) is 0 Å². The topological polar surface area (TPSA) is 70.2 Å². The van der Waals surface area contributed by atoms with E-state index in [0.717, 1.165) is 36.3 Å². The van der Waals surface area contributed by atoms with Crippen LogP contribution >= 0.6 is 0 Å². The van der Waals surface area contributed by atoms with Crippen molar-refractivity contribution in [2.24, 2.45) is 0 Å². The van der Waals surface area contributed by atoms with Gasteiger partial charge in [-0.3, -0.25) is 4.79 Å². The molecule has 1 heterocycles. The molecule has 6 heteroatoms. The Morgan fingerprint density at radius 3 is 2.50 bits per heavy atom. The van der Waals surface area contributed by atoms with Gasteiger partial charge in [0.1, 0.15) is 0 Å². The number of hydrogen-bond donors (Lipinski definition) is 2. The molecule has 1 amide bonds. The number of rotatable bonds is 8. The molecule has 0 radical (unpaired) electrons. The molecule has 2 aromatic rings. The van der Waals surface area contributed by atoms with Gasteiger partial charge < -0.3 is 15.5 Å². The SMILES string of the molecule is Cc1cccc(C(C)C)c1NC(=O)c1cnc(NCCCN(C)C)nc1. The number of carbonyl (C=O) groups is 1. The van der Waals surface area contributed by atoms with E-state index in [1.54, 1.807) is 12.4 Å². The molecule has 2 N–H and O–H groups in total. The maximum absolute atomic E-state index is 12.6. The van der Waals surface area contributed by atoms with Gasteiger partial charge in [0.05, 0.1) is 5.56 Å². The van der Waals surface area contributed by atoms with Gasteiger partial charge >= 0.3 is 0 Å². The van der Waals surface area contributed by atoms with E-state index < -0.39 is 0 Å². The number of amides is 1. The van der Waals surface area contributed by atoms with Crippen LogP contribution in [0.4, 0.5) is 11.6 Å². The van der Waals surface area contributed by atoms with Crippen LogP contribution < -0.4 is 10.6 Å². The van der Waals surface area contributed by atoms with Crippen molar-refractivity contribution in [1.29, 1.82) is 0 Å². The predicted octanol–water partition coefficient (Wildman–Crippen LogP) is 3.52. The Hall–Kier alpha value is -2.47. The quantitative estimate of drug-likeness (QED) is 0.709. The molecule has 0 atom stereocenters. The Kier molecular flexibility index (Phi) is 7.09. The first-order valence-corrected chi connectivity index (χ1v) is 9.00. The van der Waals surface area contributed by atoms with E-state index in [-0.39, 0.29) is 5.91 Å². The third kappa shape index (κ3) is 5.52. The van der Waals surface area contributed by atoms with Gasteiger partial charge in [0.15, 0.2) is 0 Å². The molecule has 2 rings (SSSR count). The molecule has 0 fully saturated rings. The average molecular weight is 355 g/mol. The fraction of sp³-hybridized carbons (Fsp3) is 0.450. The summed E-state index contributed by atoms with van der Waals surface area (Å²) in [6.07, 6.45) is 4.12. The van der Waals surface area contributed by atoms with Gasteiger partial charge in [-0.2, -0.15) is 0 Å². The second-order valence-corrected chi connectivity index (χ2v) is 7.03. The Bertz CT molecular complexity index is 725. The predicted molar refractivity (Wildman–Crippen MR) is 107 cm³/mol. The zero-order chi connectivity index (χ0) is 19.1. The largest absolute Gasteiger partial charge is 0.354 e. The standard InChI is InChI=1S/C20H29N5O/c1-14(2)17-9-6-8-15(3)18(17)24-19(26)16-12-22-20(23-13-16)21-10-7-11-25(4)5/h6,8-9,12-14H,7,10-11H2,1-5H3,(H,24,26)(H,21,22,23). The maximum atomic E-state index is 12.6. The summed E-state index contributed by atoms with van der Waals surface area (Å²) in [6, 6.07) is 6.06. The van der Waals surface area contributed by atoms with Gasteiger partial charge in [0.2, 0.25) is 5.95 Å². The van der Waals surface area contributed by atoms with Crippen LogP contribution in [0.3, 0.4) is 0 Å². The highest BCUT2D eigenvalue weighted by molar-refractivity contribution is 6.04. The molecule has 0 spiro atoms. The third-order valence-corrected chi connectivity index (χ3v) is 4.14. The van der Waals surface area contributed by atoms with Gasteiger partial charge in [-0.05, 0) is 51.0 Å². The smallest absolute Gasteiger partial charge is 0.258 e. The van der Waals surface area contributed by atoms with E-state index in [4.69, 9.17) is 0 Å². The Labute approximate surface area is 156 Å². The van der Waals surface area contributed by atoms with Crippen LogP contribution in [0.15, 0.2) is 30.6 Å². The normalized spacial score (nSPS) is 11.0. The molecule has 0 saturated heterocycles. The molecule has 26 heavy (non-hydrogen) atoms. The monoisotopic (exact) mass is 355 g/mol. The molecule has 140 valence electrons. The number of aromatic nitrogens is 2. The molecule has 0 bridgehead atoms. The van der Waals surface area contributed by atoms with Crippen LogP contribution in [-0.2, 0) is 0 Å². The molecular formula is C20H29N5O.